The molecule has 3 N–H and O–H groups in total. The molecule has 0 aliphatic carbocycles. The van der Waals surface area contributed by atoms with Crippen LogP contribution in [-0.4, -0.2) is 46.9 Å². The van der Waals surface area contributed by atoms with Crippen LogP contribution < -0.4 is 19.5 Å². The van der Waals surface area contributed by atoms with E-state index >= 15 is 0 Å². The van der Waals surface area contributed by atoms with Gasteiger partial charge in [-0.2, -0.15) is 9.67 Å². The van der Waals surface area contributed by atoms with E-state index < -0.39 is 0 Å². The minimum Gasteiger partial charge on any atom is -0.504 e. The molecular weight excluding hydrogens is 514 g/mol. The maximum atomic E-state index is 12.5. The van der Waals surface area contributed by atoms with Crippen LogP contribution in [0.15, 0.2) is 77.0 Å². The Labute approximate surface area is 223 Å². The van der Waals surface area contributed by atoms with Gasteiger partial charge in [0.1, 0.15) is 11.4 Å². The first-order chi connectivity index (χ1) is 18.0. The lowest BCUT2D eigenvalue weighted by molar-refractivity contribution is -0.625. The van der Waals surface area contributed by atoms with Crippen LogP contribution in [0.4, 0.5) is 0 Å². The Morgan fingerprint density at radius 1 is 1.19 bits per heavy atom. The fourth-order valence-electron chi connectivity index (χ4n) is 3.39. The van der Waals surface area contributed by atoms with Crippen molar-refractivity contribution < 1.29 is 23.9 Å². The second kappa shape index (κ2) is 12.3. The number of H-pyrrole nitrogens is 1. The average Bonchev–Trinajstić information content (AvgIpc) is 3.34. The minimum atomic E-state index is -0.304. The third-order valence-electron chi connectivity index (χ3n) is 5.14. The average molecular weight is 539 g/mol. The summed E-state index contributed by atoms with van der Waals surface area (Å²) in [6.45, 7) is 2.25. The zero-order chi connectivity index (χ0) is 26.2. The Hall–Kier alpha value is -4.02. The van der Waals surface area contributed by atoms with Crippen LogP contribution in [0.2, 0.25) is 5.02 Å². The summed E-state index contributed by atoms with van der Waals surface area (Å²) in [6, 6.07) is 19.8. The highest BCUT2D eigenvalue weighted by atomic mass is 35.5. The number of hydrazone groups is 1. The normalized spacial score (nSPS) is 11.0. The van der Waals surface area contributed by atoms with E-state index in [1.165, 1.54) is 24.0 Å². The third kappa shape index (κ3) is 6.60. The maximum Gasteiger partial charge on any atom is 0.342 e. The molecule has 0 fully saturated rings. The van der Waals surface area contributed by atoms with Gasteiger partial charge in [0.05, 0.1) is 36.3 Å². The van der Waals surface area contributed by atoms with Crippen LogP contribution in [0, 0.1) is 0 Å². The number of nitrogens with zero attached hydrogens (tertiary/aromatic N) is 3. The predicted octanol–water partition coefficient (Wildman–Crippen LogP) is 4.36. The molecular formula is C26H25ClN5O4S+. The molecule has 190 valence electrons. The molecule has 11 heteroatoms. The van der Waals surface area contributed by atoms with Crippen molar-refractivity contribution in [3.63, 3.8) is 0 Å². The van der Waals surface area contributed by atoms with Gasteiger partial charge in [-0.1, -0.05) is 11.6 Å². The van der Waals surface area contributed by atoms with E-state index in [9.17, 15) is 9.90 Å². The molecule has 4 rings (SSSR count). The number of ether oxygens (including phenoxy) is 2. The number of amides is 1. The highest BCUT2D eigenvalue weighted by Gasteiger charge is 2.24. The number of hydrogen-bond acceptors (Lipinski definition) is 7. The first-order valence-electron chi connectivity index (χ1n) is 11.3. The number of carbonyl (C=O) groups excluding carboxylic acids is 1. The maximum absolute atomic E-state index is 12.5. The van der Waals surface area contributed by atoms with Gasteiger partial charge in [0.2, 0.25) is 0 Å². The molecule has 0 atom stereocenters. The third-order valence-corrected chi connectivity index (χ3v) is 6.33. The summed E-state index contributed by atoms with van der Waals surface area (Å²) in [7, 11) is 1.62. The number of rotatable bonds is 10. The number of thioether (sulfide) groups is 1. The van der Waals surface area contributed by atoms with Gasteiger partial charge in [-0.05, 0) is 91.0 Å². The van der Waals surface area contributed by atoms with Crippen LogP contribution in [0.5, 0.6) is 17.2 Å². The van der Waals surface area contributed by atoms with E-state index in [1.807, 2.05) is 47.9 Å². The lowest BCUT2D eigenvalue weighted by Crippen LogP contribution is -2.34. The van der Waals surface area contributed by atoms with Gasteiger partial charge in [-0.25, -0.2) is 5.43 Å². The number of aromatic nitrogens is 3. The quantitative estimate of drug-likeness (QED) is 0.120. The van der Waals surface area contributed by atoms with E-state index in [2.05, 4.69) is 20.7 Å². The number of benzene rings is 3. The molecule has 1 amide bonds. The topological polar surface area (TPSA) is 113 Å². The summed E-state index contributed by atoms with van der Waals surface area (Å²) in [5.74, 6) is 1.66. The van der Waals surface area contributed by atoms with Gasteiger partial charge < -0.3 is 14.6 Å². The molecule has 1 aromatic heterocycles. The molecule has 0 aliphatic heterocycles. The Morgan fingerprint density at radius 2 is 1.95 bits per heavy atom. The van der Waals surface area contributed by atoms with Crippen LogP contribution in [0.3, 0.4) is 0 Å². The van der Waals surface area contributed by atoms with Crippen molar-refractivity contribution in [3.8, 4) is 34.3 Å². The van der Waals surface area contributed by atoms with Gasteiger partial charge in [-0.15, -0.1) is 5.10 Å². The Balaban J connectivity index is 1.48. The number of nitrogens with one attached hydrogen (secondary N) is 2. The summed E-state index contributed by atoms with van der Waals surface area (Å²) in [5.41, 5.74) is 4.91. The van der Waals surface area contributed by atoms with Crippen LogP contribution >= 0.6 is 23.4 Å². The number of carbonyl (C=O) groups is 1. The van der Waals surface area contributed by atoms with Gasteiger partial charge in [-0.3, -0.25) is 4.79 Å². The molecule has 37 heavy (non-hydrogen) atoms. The summed E-state index contributed by atoms with van der Waals surface area (Å²) in [6.07, 6.45) is 1.48. The van der Waals surface area contributed by atoms with Crippen LogP contribution in [-0.2, 0) is 4.79 Å². The van der Waals surface area contributed by atoms with Gasteiger partial charge >= 0.3 is 5.16 Å². The zero-order valence-electron chi connectivity index (χ0n) is 20.1. The van der Waals surface area contributed by atoms with Crippen LogP contribution in [0.1, 0.15) is 12.5 Å². The van der Waals surface area contributed by atoms with Crippen molar-refractivity contribution in [3.05, 3.63) is 77.3 Å². The number of hydrogen-bond donors (Lipinski definition) is 3. The second-order valence-corrected chi connectivity index (χ2v) is 9.02. The summed E-state index contributed by atoms with van der Waals surface area (Å²) in [5, 5.41) is 22.5. The van der Waals surface area contributed by atoms with E-state index in [-0.39, 0.29) is 17.4 Å². The smallest absolute Gasteiger partial charge is 0.342 e. The first kappa shape index (κ1) is 26.1. The summed E-state index contributed by atoms with van der Waals surface area (Å²) >= 11 is 7.35. The lowest BCUT2D eigenvalue weighted by Gasteiger charge is -2.06. The van der Waals surface area contributed by atoms with Gasteiger partial charge in [0.15, 0.2) is 11.5 Å². The lowest BCUT2D eigenvalue weighted by atomic mass is 10.2. The number of methoxy groups -OCH3 is 1. The Bertz CT molecular complexity index is 1390. The molecule has 0 bridgehead atoms. The number of phenols is 1. The molecule has 0 saturated heterocycles. The van der Waals surface area contributed by atoms with Crippen molar-refractivity contribution in [1.82, 2.24) is 15.6 Å². The summed E-state index contributed by atoms with van der Waals surface area (Å²) in [4.78, 5) is 12.5. The van der Waals surface area contributed by atoms with Crippen molar-refractivity contribution >= 4 is 35.5 Å². The van der Waals surface area contributed by atoms with Crippen molar-refractivity contribution in [2.75, 3.05) is 19.5 Å². The Morgan fingerprint density at radius 3 is 2.65 bits per heavy atom. The highest BCUT2D eigenvalue weighted by molar-refractivity contribution is 7.99. The first-order valence-corrected chi connectivity index (χ1v) is 12.7. The van der Waals surface area contributed by atoms with Gasteiger partial charge in [0.25, 0.3) is 11.7 Å². The monoisotopic (exact) mass is 538 g/mol. The van der Waals surface area contributed by atoms with E-state index in [4.69, 9.17) is 21.1 Å². The van der Waals surface area contributed by atoms with Gasteiger partial charge in [0, 0.05) is 5.02 Å². The molecule has 0 radical (unpaired) electrons. The SMILES string of the molecule is CCOc1cc(C=NNC(=O)CSc2n[nH]c(-c3ccc(OC)cc3)[n+]2-c2ccc(Cl)cc2)ccc1O. The number of aromatic hydroxyl groups is 1. The predicted molar refractivity (Wildman–Crippen MR) is 143 cm³/mol. The molecule has 3 aromatic carbocycles. The highest BCUT2D eigenvalue weighted by Crippen LogP contribution is 2.26. The van der Waals surface area contributed by atoms with E-state index in [0.29, 0.717) is 28.1 Å². The molecule has 0 unspecified atom stereocenters. The number of phenolic OH excluding ortho intramolecular Hbond substituents is 1. The van der Waals surface area contributed by atoms with E-state index in [0.717, 1.165) is 22.8 Å². The van der Waals surface area contributed by atoms with Crippen LogP contribution in [0.25, 0.3) is 17.1 Å². The second-order valence-electron chi connectivity index (χ2n) is 7.64. The molecule has 0 saturated carbocycles. The molecule has 9 nitrogen and oxygen atoms in total. The van der Waals surface area contributed by atoms with E-state index in [1.54, 1.807) is 31.4 Å². The molecule has 0 aliphatic rings. The molecule has 1 heterocycles. The standard InChI is InChI=1S/C26H24ClN5O4S/c1-3-36-23-14-17(4-13-22(23)33)15-28-29-24(34)16-37-26-31-30-25(18-5-11-21(35-2)12-6-18)32(26)20-9-7-19(27)8-10-20/h4-15H,3,16H2,1-2H3,(H2,28,29,33,34)/p+1. The van der Waals surface area contributed by atoms with Crippen molar-refractivity contribution in [2.24, 2.45) is 5.10 Å². The summed E-state index contributed by atoms with van der Waals surface area (Å²) < 4.78 is 12.5. The van der Waals surface area contributed by atoms with Crippen molar-refractivity contribution in [2.45, 2.75) is 12.1 Å². The minimum absolute atomic E-state index is 0.0430. The largest absolute Gasteiger partial charge is 0.504 e. The van der Waals surface area contributed by atoms with Crippen molar-refractivity contribution in [1.29, 1.82) is 0 Å². The zero-order valence-corrected chi connectivity index (χ0v) is 21.7. The number of halogens is 1. The fraction of sp³-hybridized carbons (Fsp3) is 0.154. The Kier molecular flexibility index (Phi) is 8.65. The number of aromatic amines is 1. The fourth-order valence-corrected chi connectivity index (χ4v) is 4.28. The molecule has 0 spiro atoms. The molecule has 4 aromatic rings.